The zero-order valence-electron chi connectivity index (χ0n) is 28.8. The molecule has 7 aromatic rings. The first-order valence-electron chi connectivity index (χ1n) is 17.5. The summed E-state index contributed by atoms with van der Waals surface area (Å²) in [6, 6.07) is 48.4. The third kappa shape index (κ3) is 5.84. The SMILES string of the molecule is CCCc1nc(C(C)O)c(CCC)n1-c1ccc(-c2ccccc2-c2nnnn2C(c2ccccc2)(c2ccccc2)c2ccccc2)cc1. The number of aryl methyl sites for hydroxylation is 1. The minimum atomic E-state index is -0.853. The number of aliphatic hydroxyl groups excluding tert-OH is 1. The first-order valence-corrected chi connectivity index (χ1v) is 17.5. The molecule has 7 nitrogen and oxygen atoms in total. The van der Waals surface area contributed by atoms with Gasteiger partial charge in [-0.2, -0.15) is 0 Å². The Labute approximate surface area is 293 Å². The smallest absolute Gasteiger partial charge is 0.184 e. The lowest BCUT2D eigenvalue weighted by molar-refractivity contribution is 0.193. The first kappa shape index (κ1) is 32.9. The fourth-order valence-electron chi connectivity index (χ4n) is 7.24. The first-order chi connectivity index (χ1) is 24.6. The molecule has 7 rings (SSSR count). The Morgan fingerprint density at radius 3 is 1.68 bits per heavy atom. The molecule has 0 fully saturated rings. The molecule has 0 aliphatic rings. The molecular weight excluding hydrogens is 617 g/mol. The normalized spacial score (nSPS) is 12.2. The van der Waals surface area contributed by atoms with Gasteiger partial charge in [-0.05, 0) is 70.1 Å². The summed E-state index contributed by atoms with van der Waals surface area (Å²) in [7, 11) is 0. The van der Waals surface area contributed by atoms with Crippen LogP contribution in [0.25, 0.3) is 28.2 Å². The molecule has 250 valence electrons. The lowest BCUT2D eigenvalue weighted by Crippen LogP contribution is -2.39. The Kier molecular flexibility index (Phi) is 9.49. The van der Waals surface area contributed by atoms with E-state index in [9.17, 15) is 5.11 Å². The zero-order valence-corrected chi connectivity index (χ0v) is 28.8. The number of imidazole rings is 1. The molecule has 0 radical (unpaired) electrons. The predicted octanol–water partition coefficient (Wildman–Crippen LogP) is 8.99. The quantitative estimate of drug-likeness (QED) is 0.133. The summed E-state index contributed by atoms with van der Waals surface area (Å²) in [4.78, 5) is 4.92. The van der Waals surface area contributed by atoms with Crippen LogP contribution in [-0.2, 0) is 18.4 Å². The standard InChI is InChI=1S/C43H42N6O/c1-4-17-39-41(31(3)50)44-40(18-5-2)48(39)36-29-27-32(28-30-36)37-25-15-16-26-38(37)42-45-46-47-49(42)43(33-19-9-6-10-20-33,34-21-11-7-12-22-34)35-23-13-8-14-24-35/h6-16,19-31,50H,4-5,17-18H2,1-3H3. The van der Waals surface area contributed by atoms with E-state index >= 15 is 0 Å². The van der Waals surface area contributed by atoms with E-state index < -0.39 is 11.6 Å². The Morgan fingerprint density at radius 2 is 1.16 bits per heavy atom. The van der Waals surface area contributed by atoms with E-state index in [2.05, 4.69) is 139 Å². The van der Waals surface area contributed by atoms with Gasteiger partial charge in [0.15, 0.2) is 5.82 Å². The second-order valence-electron chi connectivity index (χ2n) is 12.7. The van der Waals surface area contributed by atoms with E-state index in [-0.39, 0.29) is 0 Å². The number of hydrogen-bond acceptors (Lipinski definition) is 5. The van der Waals surface area contributed by atoms with E-state index in [4.69, 9.17) is 15.3 Å². The monoisotopic (exact) mass is 658 g/mol. The Hall–Kier alpha value is -5.66. The van der Waals surface area contributed by atoms with Crippen molar-refractivity contribution < 1.29 is 5.11 Å². The second kappa shape index (κ2) is 14.4. The molecule has 0 spiro atoms. The van der Waals surface area contributed by atoms with Crippen LogP contribution in [0.15, 0.2) is 140 Å². The van der Waals surface area contributed by atoms with Gasteiger partial charge in [0.05, 0.1) is 11.8 Å². The highest BCUT2D eigenvalue weighted by Crippen LogP contribution is 2.43. The van der Waals surface area contributed by atoms with Gasteiger partial charge in [0.2, 0.25) is 0 Å². The number of tetrazole rings is 1. The molecule has 5 aromatic carbocycles. The van der Waals surface area contributed by atoms with Crippen molar-refractivity contribution in [2.45, 2.75) is 58.1 Å². The van der Waals surface area contributed by atoms with Crippen molar-refractivity contribution >= 4 is 0 Å². The number of rotatable bonds is 12. The van der Waals surface area contributed by atoms with Crippen molar-refractivity contribution in [3.05, 3.63) is 173 Å². The van der Waals surface area contributed by atoms with Gasteiger partial charge >= 0.3 is 0 Å². The summed E-state index contributed by atoms with van der Waals surface area (Å²) >= 11 is 0. The molecule has 0 aliphatic carbocycles. The summed E-state index contributed by atoms with van der Waals surface area (Å²) in [5.41, 5.74) is 8.19. The molecule has 2 aromatic heterocycles. The topological polar surface area (TPSA) is 81.7 Å². The van der Waals surface area contributed by atoms with Gasteiger partial charge < -0.3 is 9.67 Å². The molecule has 0 aliphatic heterocycles. The van der Waals surface area contributed by atoms with E-state index in [1.54, 1.807) is 6.92 Å². The van der Waals surface area contributed by atoms with Gasteiger partial charge in [-0.25, -0.2) is 9.67 Å². The van der Waals surface area contributed by atoms with Crippen LogP contribution in [0, 0.1) is 0 Å². The maximum Gasteiger partial charge on any atom is 0.184 e. The number of aliphatic hydroxyl groups is 1. The summed E-state index contributed by atoms with van der Waals surface area (Å²) in [5, 5.41) is 24.4. The Balaban J connectivity index is 1.40. The zero-order chi connectivity index (χ0) is 34.5. The van der Waals surface area contributed by atoms with Crippen LogP contribution in [0.4, 0.5) is 0 Å². The van der Waals surface area contributed by atoms with E-state index in [0.717, 1.165) is 82.0 Å². The van der Waals surface area contributed by atoms with Crippen LogP contribution < -0.4 is 0 Å². The van der Waals surface area contributed by atoms with Gasteiger partial charge in [-0.3, -0.25) is 0 Å². The molecule has 7 heteroatoms. The molecule has 2 heterocycles. The average molecular weight is 659 g/mol. The van der Waals surface area contributed by atoms with Crippen molar-refractivity contribution in [1.29, 1.82) is 0 Å². The van der Waals surface area contributed by atoms with E-state index in [1.165, 1.54) is 0 Å². The molecule has 0 amide bonds. The maximum atomic E-state index is 10.6. The Bertz CT molecular complexity index is 2060. The average Bonchev–Trinajstić information content (AvgIpc) is 3.80. The highest BCUT2D eigenvalue weighted by molar-refractivity contribution is 5.81. The highest BCUT2D eigenvalue weighted by atomic mass is 16.3. The summed E-state index contributed by atoms with van der Waals surface area (Å²) in [6.07, 6.45) is 2.99. The minimum Gasteiger partial charge on any atom is -0.387 e. The molecule has 1 N–H and O–H groups in total. The molecule has 50 heavy (non-hydrogen) atoms. The lowest BCUT2D eigenvalue weighted by atomic mass is 9.77. The van der Waals surface area contributed by atoms with Gasteiger partial charge in [-0.15, -0.1) is 5.10 Å². The summed E-state index contributed by atoms with van der Waals surface area (Å²) < 4.78 is 4.23. The number of nitrogens with zero attached hydrogens (tertiary/aromatic N) is 6. The predicted molar refractivity (Wildman–Crippen MR) is 199 cm³/mol. The van der Waals surface area contributed by atoms with Crippen LogP contribution in [0.5, 0.6) is 0 Å². The fraction of sp³-hybridized carbons (Fsp3) is 0.209. The van der Waals surface area contributed by atoms with Crippen molar-refractivity contribution in [2.24, 2.45) is 0 Å². The van der Waals surface area contributed by atoms with E-state index in [1.807, 2.05) is 28.9 Å². The molecule has 1 atom stereocenters. The van der Waals surface area contributed by atoms with Crippen LogP contribution >= 0.6 is 0 Å². The van der Waals surface area contributed by atoms with Crippen LogP contribution in [0.3, 0.4) is 0 Å². The molecule has 0 saturated carbocycles. The van der Waals surface area contributed by atoms with Gasteiger partial charge in [-0.1, -0.05) is 148 Å². The molecule has 1 unspecified atom stereocenters. The summed E-state index contributed by atoms with van der Waals surface area (Å²) in [6.45, 7) is 6.13. The van der Waals surface area contributed by atoms with Gasteiger partial charge in [0.1, 0.15) is 11.4 Å². The minimum absolute atomic E-state index is 0.625. The fourth-order valence-corrected chi connectivity index (χ4v) is 7.24. The van der Waals surface area contributed by atoms with Crippen molar-refractivity contribution in [3.8, 4) is 28.2 Å². The van der Waals surface area contributed by atoms with Crippen molar-refractivity contribution in [3.63, 3.8) is 0 Å². The third-order valence-corrected chi connectivity index (χ3v) is 9.40. The van der Waals surface area contributed by atoms with E-state index in [0.29, 0.717) is 5.82 Å². The molecule has 0 bridgehead atoms. The second-order valence-corrected chi connectivity index (χ2v) is 12.7. The maximum absolute atomic E-state index is 10.6. The number of aromatic nitrogens is 6. The van der Waals surface area contributed by atoms with Crippen LogP contribution in [0.1, 0.15) is 73.6 Å². The number of hydrogen-bond donors (Lipinski definition) is 1. The van der Waals surface area contributed by atoms with Gasteiger partial charge in [0.25, 0.3) is 0 Å². The third-order valence-electron chi connectivity index (χ3n) is 9.40. The molecular formula is C43H42N6O. The molecule has 0 saturated heterocycles. The summed E-state index contributed by atoms with van der Waals surface area (Å²) in [5.74, 6) is 1.64. The largest absolute Gasteiger partial charge is 0.387 e. The highest BCUT2D eigenvalue weighted by Gasteiger charge is 2.42. The van der Waals surface area contributed by atoms with Gasteiger partial charge in [0, 0.05) is 23.4 Å². The van der Waals surface area contributed by atoms with Crippen LogP contribution in [-0.4, -0.2) is 34.9 Å². The van der Waals surface area contributed by atoms with Crippen molar-refractivity contribution in [2.75, 3.05) is 0 Å². The van der Waals surface area contributed by atoms with Crippen molar-refractivity contribution in [1.82, 2.24) is 29.8 Å². The lowest BCUT2D eigenvalue weighted by Gasteiger charge is -2.36. The van der Waals surface area contributed by atoms with Crippen LogP contribution in [0.2, 0.25) is 0 Å². The number of benzene rings is 5. The Morgan fingerprint density at radius 1 is 0.640 bits per heavy atom.